The fraction of sp³-hybridized carbons (Fsp3) is 0.588. The number of amides is 1. The van der Waals surface area contributed by atoms with Gasteiger partial charge in [0.1, 0.15) is 5.75 Å². The van der Waals surface area contributed by atoms with Crippen LogP contribution in [0.25, 0.3) is 0 Å². The third kappa shape index (κ3) is 4.46. The van der Waals surface area contributed by atoms with Gasteiger partial charge in [-0.1, -0.05) is 24.6 Å². The first-order valence-corrected chi connectivity index (χ1v) is 8.01. The van der Waals surface area contributed by atoms with Gasteiger partial charge in [-0.2, -0.15) is 0 Å². The van der Waals surface area contributed by atoms with Gasteiger partial charge in [-0.15, -0.1) is 0 Å². The van der Waals surface area contributed by atoms with E-state index < -0.39 is 0 Å². The number of carbonyl (C=O) groups is 1. The fourth-order valence-electron chi connectivity index (χ4n) is 2.73. The Bertz CT molecular complexity index is 452. The summed E-state index contributed by atoms with van der Waals surface area (Å²) >= 11 is 0. The Hall–Kier alpha value is -1.55. The molecule has 0 aromatic heterocycles. The number of likely N-dealkylation sites (tertiary alicyclic amines) is 1. The minimum Gasteiger partial charge on any atom is -0.410 e. The van der Waals surface area contributed by atoms with E-state index in [1.807, 2.05) is 32.0 Å². The largest absolute Gasteiger partial charge is 0.415 e. The van der Waals surface area contributed by atoms with E-state index in [0.717, 1.165) is 25.2 Å². The summed E-state index contributed by atoms with van der Waals surface area (Å²) < 4.78 is 5.59. The number of rotatable bonds is 5. The Morgan fingerprint density at radius 1 is 1.14 bits per heavy atom. The topological polar surface area (TPSA) is 32.8 Å². The van der Waals surface area contributed by atoms with Crippen molar-refractivity contribution in [2.45, 2.75) is 39.7 Å². The SMILES string of the molecule is CCN(CC)C(=O)Oc1ccccc1CN1CCCCC1. The first kappa shape index (κ1) is 15.8. The Kier molecular flexibility index (Phi) is 6.05. The van der Waals surface area contributed by atoms with E-state index in [0.29, 0.717) is 18.8 Å². The summed E-state index contributed by atoms with van der Waals surface area (Å²) in [5.41, 5.74) is 1.10. The molecule has 0 aliphatic carbocycles. The van der Waals surface area contributed by atoms with Crippen LogP contribution >= 0.6 is 0 Å². The minimum absolute atomic E-state index is 0.258. The third-order valence-corrected chi connectivity index (χ3v) is 4.03. The molecule has 0 atom stereocenters. The van der Waals surface area contributed by atoms with Crippen LogP contribution in [0.4, 0.5) is 4.79 Å². The van der Waals surface area contributed by atoms with E-state index in [9.17, 15) is 4.79 Å². The van der Waals surface area contributed by atoms with E-state index in [-0.39, 0.29) is 6.09 Å². The summed E-state index contributed by atoms with van der Waals surface area (Å²) in [7, 11) is 0. The Balaban J connectivity index is 2.03. The van der Waals surface area contributed by atoms with Gasteiger partial charge in [0, 0.05) is 25.2 Å². The first-order valence-electron chi connectivity index (χ1n) is 8.01. The average molecular weight is 290 g/mol. The third-order valence-electron chi connectivity index (χ3n) is 4.03. The lowest BCUT2D eigenvalue weighted by Gasteiger charge is -2.27. The maximum Gasteiger partial charge on any atom is 0.415 e. The molecule has 4 heteroatoms. The molecule has 1 amide bonds. The standard InChI is InChI=1S/C17H26N2O2/c1-3-19(4-2)17(20)21-16-11-7-6-10-15(16)14-18-12-8-5-9-13-18/h6-7,10-11H,3-5,8-9,12-14H2,1-2H3. The Labute approximate surface area is 127 Å². The summed E-state index contributed by atoms with van der Waals surface area (Å²) in [6.07, 6.45) is 3.60. The highest BCUT2D eigenvalue weighted by atomic mass is 16.6. The number of para-hydroxylation sites is 1. The molecular formula is C17H26N2O2. The molecule has 1 aromatic rings. The van der Waals surface area contributed by atoms with Crippen LogP contribution in [0.5, 0.6) is 5.75 Å². The van der Waals surface area contributed by atoms with Gasteiger partial charge in [0.2, 0.25) is 0 Å². The lowest BCUT2D eigenvalue weighted by molar-refractivity contribution is 0.155. The molecule has 1 aliphatic heterocycles. The molecule has 0 bridgehead atoms. The van der Waals surface area contributed by atoms with Crippen molar-refractivity contribution in [3.05, 3.63) is 29.8 Å². The second-order valence-electron chi connectivity index (χ2n) is 5.48. The van der Waals surface area contributed by atoms with Crippen molar-refractivity contribution in [1.29, 1.82) is 0 Å². The van der Waals surface area contributed by atoms with Crippen molar-refractivity contribution in [2.75, 3.05) is 26.2 Å². The van der Waals surface area contributed by atoms with Gasteiger partial charge >= 0.3 is 6.09 Å². The quantitative estimate of drug-likeness (QED) is 0.832. The van der Waals surface area contributed by atoms with Crippen LogP contribution in [-0.2, 0) is 6.54 Å². The molecule has 0 spiro atoms. The van der Waals surface area contributed by atoms with Gasteiger partial charge in [-0.05, 0) is 45.8 Å². The molecule has 2 rings (SSSR count). The maximum atomic E-state index is 12.1. The lowest BCUT2D eigenvalue weighted by atomic mass is 10.1. The number of piperidine rings is 1. The molecule has 1 aromatic carbocycles. The minimum atomic E-state index is -0.258. The molecule has 0 unspecified atom stereocenters. The molecule has 116 valence electrons. The van der Waals surface area contributed by atoms with Crippen LogP contribution in [0.2, 0.25) is 0 Å². The van der Waals surface area contributed by atoms with Crippen molar-refractivity contribution >= 4 is 6.09 Å². The molecule has 0 N–H and O–H groups in total. The zero-order valence-corrected chi connectivity index (χ0v) is 13.2. The molecule has 1 saturated heterocycles. The van der Waals surface area contributed by atoms with Gasteiger partial charge in [0.15, 0.2) is 0 Å². The van der Waals surface area contributed by atoms with E-state index in [1.54, 1.807) is 4.90 Å². The van der Waals surface area contributed by atoms with Crippen LogP contribution in [0.3, 0.4) is 0 Å². The fourth-order valence-corrected chi connectivity index (χ4v) is 2.73. The van der Waals surface area contributed by atoms with Crippen molar-refractivity contribution in [1.82, 2.24) is 9.80 Å². The molecule has 0 radical (unpaired) electrons. The Morgan fingerprint density at radius 2 is 1.81 bits per heavy atom. The van der Waals surface area contributed by atoms with Crippen LogP contribution < -0.4 is 4.74 Å². The van der Waals surface area contributed by atoms with Crippen molar-refractivity contribution in [3.8, 4) is 5.75 Å². The van der Waals surface area contributed by atoms with Crippen LogP contribution in [-0.4, -0.2) is 42.1 Å². The second kappa shape index (κ2) is 8.03. The number of carbonyl (C=O) groups excluding carboxylic acids is 1. The highest BCUT2D eigenvalue weighted by Crippen LogP contribution is 2.22. The summed E-state index contributed by atoms with van der Waals surface area (Å²) in [5.74, 6) is 0.694. The number of hydrogen-bond donors (Lipinski definition) is 0. The lowest BCUT2D eigenvalue weighted by Crippen LogP contribution is -2.33. The second-order valence-corrected chi connectivity index (χ2v) is 5.48. The molecule has 4 nitrogen and oxygen atoms in total. The highest BCUT2D eigenvalue weighted by Gasteiger charge is 2.16. The normalized spacial score (nSPS) is 15.7. The number of hydrogen-bond acceptors (Lipinski definition) is 3. The number of ether oxygens (including phenoxy) is 1. The highest BCUT2D eigenvalue weighted by molar-refractivity contribution is 5.71. The van der Waals surface area contributed by atoms with Gasteiger partial charge in [-0.3, -0.25) is 4.90 Å². The molecule has 1 fully saturated rings. The van der Waals surface area contributed by atoms with Gasteiger partial charge in [0.25, 0.3) is 0 Å². The van der Waals surface area contributed by atoms with E-state index in [4.69, 9.17) is 4.74 Å². The molecule has 21 heavy (non-hydrogen) atoms. The van der Waals surface area contributed by atoms with E-state index in [2.05, 4.69) is 11.0 Å². The van der Waals surface area contributed by atoms with Crippen molar-refractivity contribution < 1.29 is 9.53 Å². The van der Waals surface area contributed by atoms with E-state index in [1.165, 1.54) is 19.3 Å². The van der Waals surface area contributed by atoms with Gasteiger partial charge in [0.05, 0.1) is 0 Å². The maximum absolute atomic E-state index is 12.1. The van der Waals surface area contributed by atoms with Crippen LogP contribution in [0.1, 0.15) is 38.7 Å². The predicted molar refractivity (Wildman–Crippen MR) is 84.5 cm³/mol. The number of nitrogens with zero attached hydrogens (tertiary/aromatic N) is 2. The molecular weight excluding hydrogens is 264 g/mol. The van der Waals surface area contributed by atoms with Crippen LogP contribution in [0.15, 0.2) is 24.3 Å². The van der Waals surface area contributed by atoms with E-state index >= 15 is 0 Å². The summed E-state index contributed by atoms with van der Waals surface area (Å²) in [6, 6.07) is 7.87. The monoisotopic (exact) mass is 290 g/mol. The molecule has 0 saturated carbocycles. The zero-order chi connectivity index (χ0) is 15.1. The van der Waals surface area contributed by atoms with Gasteiger partial charge in [-0.25, -0.2) is 4.79 Å². The van der Waals surface area contributed by atoms with Crippen molar-refractivity contribution in [3.63, 3.8) is 0 Å². The zero-order valence-electron chi connectivity index (χ0n) is 13.2. The first-order chi connectivity index (χ1) is 10.2. The van der Waals surface area contributed by atoms with Crippen molar-refractivity contribution in [2.24, 2.45) is 0 Å². The summed E-state index contributed by atoms with van der Waals surface area (Å²) in [5, 5.41) is 0. The Morgan fingerprint density at radius 3 is 2.48 bits per heavy atom. The average Bonchev–Trinajstić information content (AvgIpc) is 2.51. The smallest absolute Gasteiger partial charge is 0.410 e. The van der Waals surface area contributed by atoms with Crippen LogP contribution in [0, 0.1) is 0 Å². The summed E-state index contributed by atoms with van der Waals surface area (Å²) in [6.45, 7) is 8.40. The molecule has 1 aliphatic rings. The summed E-state index contributed by atoms with van der Waals surface area (Å²) in [4.78, 5) is 16.2. The molecule has 1 heterocycles. The predicted octanol–water partition coefficient (Wildman–Crippen LogP) is 3.51. The van der Waals surface area contributed by atoms with Gasteiger partial charge < -0.3 is 9.64 Å². The number of benzene rings is 1.